The molecule has 0 heterocycles. The van der Waals surface area contributed by atoms with Crippen LogP contribution in [-0.4, -0.2) is 7.85 Å². The van der Waals surface area contributed by atoms with Crippen LogP contribution in [0.25, 0.3) is 0 Å². The molecule has 1 heteroatoms. The minimum Gasteiger partial charge on any atom is -0.0776 e. The smallest absolute Gasteiger partial charge is 0.0699 e. The zero-order valence-corrected chi connectivity index (χ0v) is 11.3. The molecule has 0 spiro atoms. The molecule has 2 radical (unpaired) electrons. The Balaban J connectivity index is 3.84. The van der Waals surface area contributed by atoms with Gasteiger partial charge < -0.3 is 0 Å². The molecule has 0 fully saturated rings. The normalized spacial score (nSPS) is 17.3. The predicted octanol–water partition coefficient (Wildman–Crippen LogP) is 5.13. The zero-order chi connectivity index (χ0) is 11.7. The molecule has 2 unspecified atom stereocenters. The van der Waals surface area contributed by atoms with Crippen molar-refractivity contribution in [2.24, 2.45) is 5.41 Å². The minimum absolute atomic E-state index is 0.419. The van der Waals surface area contributed by atoms with Gasteiger partial charge in [0.2, 0.25) is 0 Å². The first kappa shape index (κ1) is 15.1. The summed E-state index contributed by atoms with van der Waals surface area (Å²) in [5.74, 6) is 0.419. The lowest BCUT2D eigenvalue weighted by atomic mass is 9.72. The number of rotatable bonds is 9. The van der Waals surface area contributed by atoms with Gasteiger partial charge in [0.05, 0.1) is 7.85 Å². The van der Waals surface area contributed by atoms with Crippen LogP contribution < -0.4 is 0 Å². The molecule has 0 N–H and O–H groups in total. The van der Waals surface area contributed by atoms with Crippen LogP contribution in [0.15, 0.2) is 0 Å². The van der Waals surface area contributed by atoms with Crippen LogP contribution in [0.3, 0.4) is 0 Å². The van der Waals surface area contributed by atoms with Crippen LogP contribution in [0.5, 0.6) is 0 Å². The summed E-state index contributed by atoms with van der Waals surface area (Å²) in [5, 5.41) is 0. The first-order valence-electron chi connectivity index (χ1n) is 6.83. The Kier molecular flexibility index (Phi) is 8.28. The highest BCUT2D eigenvalue weighted by atomic mass is 14.3. The average molecular weight is 208 g/mol. The summed E-state index contributed by atoms with van der Waals surface area (Å²) >= 11 is 0. The van der Waals surface area contributed by atoms with E-state index in [0.717, 1.165) is 6.42 Å². The fourth-order valence-corrected chi connectivity index (χ4v) is 2.02. The van der Waals surface area contributed by atoms with Crippen LogP contribution in [0.4, 0.5) is 0 Å². The maximum Gasteiger partial charge on any atom is 0.0699 e. The third-order valence-electron chi connectivity index (χ3n) is 3.88. The first-order chi connectivity index (χ1) is 7.08. The van der Waals surface area contributed by atoms with Crippen molar-refractivity contribution in [3.63, 3.8) is 0 Å². The van der Waals surface area contributed by atoms with Crippen LogP contribution >= 0.6 is 0 Å². The number of hydrogen-bond acceptors (Lipinski definition) is 0. The van der Waals surface area contributed by atoms with Crippen molar-refractivity contribution < 1.29 is 0 Å². The van der Waals surface area contributed by atoms with Crippen molar-refractivity contribution in [1.82, 2.24) is 0 Å². The van der Waals surface area contributed by atoms with Crippen LogP contribution in [0.1, 0.15) is 79.1 Å². The Bertz CT molecular complexity index is 144. The first-order valence-corrected chi connectivity index (χ1v) is 6.83. The van der Waals surface area contributed by atoms with Crippen molar-refractivity contribution in [3.8, 4) is 0 Å². The summed E-state index contributed by atoms with van der Waals surface area (Å²) in [4.78, 5) is 0. The van der Waals surface area contributed by atoms with E-state index in [2.05, 4.69) is 27.7 Å². The third kappa shape index (κ3) is 7.03. The molecule has 88 valence electrons. The highest BCUT2D eigenvalue weighted by Crippen LogP contribution is 2.35. The molecule has 0 saturated heterocycles. The molecular weight excluding hydrogens is 179 g/mol. The predicted molar refractivity (Wildman–Crippen MR) is 71.6 cm³/mol. The molecule has 0 nitrogen and oxygen atoms in total. The Morgan fingerprint density at radius 3 is 2.20 bits per heavy atom. The van der Waals surface area contributed by atoms with Gasteiger partial charge in [0, 0.05) is 0 Å². The van der Waals surface area contributed by atoms with E-state index in [1.807, 2.05) is 0 Å². The fourth-order valence-electron chi connectivity index (χ4n) is 2.02. The van der Waals surface area contributed by atoms with Crippen LogP contribution in [-0.2, 0) is 0 Å². The van der Waals surface area contributed by atoms with Crippen molar-refractivity contribution >= 4 is 7.85 Å². The third-order valence-corrected chi connectivity index (χ3v) is 3.88. The standard InChI is InChI=1S/C14H29B/c1-5-8-9-11-14(4,7-3)12-10-13(15)6-2/h13H,5-12H2,1-4H3. The molecule has 0 aromatic carbocycles. The van der Waals surface area contributed by atoms with Gasteiger partial charge in [-0.25, -0.2) is 0 Å². The summed E-state index contributed by atoms with van der Waals surface area (Å²) in [6, 6.07) is 0. The van der Waals surface area contributed by atoms with Crippen LogP contribution in [0, 0.1) is 5.41 Å². The lowest BCUT2D eigenvalue weighted by molar-refractivity contribution is 0.242. The van der Waals surface area contributed by atoms with Gasteiger partial charge in [-0.05, 0) is 18.3 Å². The van der Waals surface area contributed by atoms with E-state index in [9.17, 15) is 0 Å². The molecular formula is C14H29B. The van der Waals surface area contributed by atoms with Crippen molar-refractivity contribution in [2.75, 3.05) is 0 Å². The number of hydrogen-bond donors (Lipinski definition) is 0. The van der Waals surface area contributed by atoms with E-state index in [1.54, 1.807) is 0 Å². The lowest BCUT2D eigenvalue weighted by Crippen LogP contribution is -2.16. The van der Waals surface area contributed by atoms with E-state index in [1.165, 1.54) is 44.9 Å². The van der Waals surface area contributed by atoms with Gasteiger partial charge in [-0.1, -0.05) is 72.0 Å². The van der Waals surface area contributed by atoms with E-state index in [-0.39, 0.29) is 0 Å². The molecule has 0 aliphatic carbocycles. The average Bonchev–Trinajstić information content (AvgIpc) is 2.26. The van der Waals surface area contributed by atoms with Crippen molar-refractivity contribution in [1.29, 1.82) is 0 Å². The van der Waals surface area contributed by atoms with E-state index in [4.69, 9.17) is 7.85 Å². The Morgan fingerprint density at radius 2 is 1.73 bits per heavy atom. The lowest BCUT2D eigenvalue weighted by Gasteiger charge is -2.29. The molecule has 0 saturated carbocycles. The summed E-state index contributed by atoms with van der Waals surface area (Å²) in [7, 11) is 5.99. The summed E-state index contributed by atoms with van der Waals surface area (Å²) in [5.41, 5.74) is 0.544. The molecule has 0 aromatic rings. The van der Waals surface area contributed by atoms with Gasteiger partial charge in [0.25, 0.3) is 0 Å². The largest absolute Gasteiger partial charge is 0.0776 e. The number of unbranched alkanes of at least 4 members (excludes halogenated alkanes) is 2. The summed E-state index contributed by atoms with van der Waals surface area (Å²) in [6.07, 6.45) is 10.4. The van der Waals surface area contributed by atoms with E-state index >= 15 is 0 Å². The minimum atomic E-state index is 0.419. The van der Waals surface area contributed by atoms with Gasteiger partial charge in [-0.3, -0.25) is 0 Å². The monoisotopic (exact) mass is 208 g/mol. The van der Waals surface area contributed by atoms with Gasteiger partial charge in [0.1, 0.15) is 0 Å². The van der Waals surface area contributed by atoms with Crippen molar-refractivity contribution in [2.45, 2.75) is 84.9 Å². The van der Waals surface area contributed by atoms with E-state index < -0.39 is 0 Å². The molecule has 0 amide bonds. The molecule has 0 bridgehead atoms. The van der Waals surface area contributed by atoms with Crippen LogP contribution in [0.2, 0.25) is 5.82 Å². The molecule has 2 atom stereocenters. The summed E-state index contributed by atoms with van der Waals surface area (Å²) < 4.78 is 0. The highest BCUT2D eigenvalue weighted by Gasteiger charge is 2.21. The van der Waals surface area contributed by atoms with Gasteiger partial charge >= 0.3 is 0 Å². The van der Waals surface area contributed by atoms with Gasteiger partial charge in [-0.15, -0.1) is 0 Å². The molecule has 0 rings (SSSR count). The summed E-state index contributed by atoms with van der Waals surface area (Å²) in [6.45, 7) is 9.22. The molecule has 0 aliphatic heterocycles. The highest BCUT2D eigenvalue weighted by molar-refractivity contribution is 6.11. The van der Waals surface area contributed by atoms with Gasteiger partial charge in [0.15, 0.2) is 0 Å². The Labute approximate surface area is 98.6 Å². The second-order valence-corrected chi connectivity index (χ2v) is 5.33. The molecule has 0 aliphatic rings. The Morgan fingerprint density at radius 1 is 1.07 bits per heavy atom. The topological polar surface area (TPSA) is 0 Å². The zero-order valence-electron chi connectivity index (χ0n) is 11.3. The van der Waals surface area contributed by atoms with E-state index in [0.29, 0.717) is 11.2 Å². The fraction of sp³-hybridized carbons (Fsp3) is 1.00. The molecule has 0 aromatic heterocycles. The van der Waals surface area contributed by atoms with Crippen molar-refractivity contribution in [3.05, 3.63) is 0 Å². The second kappa shape index (κ2) is 8.24. The Hall–Kier alpha value is 0.0649. The maximum atomic E-state index is 5.99. The van der Waals surface area contributed by atoms with Gasteiger partial charge in [-0.2, -0.15) is 0 Å². The SMILES string of the molecule is [B]C(CC)CCC(C)(CC)CCCCC. The second-order valence-electron chi connectivity index (χ2n) is 5.33. The quantitative estimate of drug-likeness (QED) is 0.364. The molecule has 15 heavy (non-hydrogen) atoms. The maximum absolute atomic E-state index is 5.99.